The minimum absolute atomic E-state index is 0.0227. The van der Waals surface area contributed by atoms with Gasteiger partial charge in [0.1, 0.15) is 5.75 Å². The fourth-order valence-corrected chi connectivity index (χ4v) is 3.94. The molecule has 6 heteroatoms. The Hall–Kier alpha value is -3.12. The molecule has 0 saturated carbocycles. The van der Waals surface area contributed by atoms with Crippen LogP contribution in [0.25, 0.3) is 10.9 Å². The van der Waals surface area contributed by atoms with E-state index in [0.29, 0.717) is 30.0 Å². The monoisotopic (exact) mass is 406 g/mol. The van der Waals surface area contributed by atoms with Crippen molar-refractivity contribution >= 4 is 16.8 Å². The second kappa shape index (κ2) is 8.71. The lowest BCUT2D eigenvalue weighted by Gasteiger charge is -2.26. The van der Waals surface area contributed by atoms with Crippen LogP contribution in [0, 0.1) is 6.92 Å². The molecule has 1 aromatic heterocycles. The van der Waals surface area contributed by atoms with Crippen LogP contribution in [0.4, 0.5) is 0 Å². The number of hydrogen-bond acceptors (Lipinski definition) is 4. The van der Waals surface area contributed by atoms with Crippen LogP contribution in [0.1, 0.15) is 34.3 Å². The van der Waals surface area contributed by atoms with Crippen molar-refractivity contribution in [1.82, 2.24) is 9.88 Å². The molecule has 1 amide bonds. The number of fused-ring (bicyclic) bond motifs is 1. The lowest BCUT2D eigenvalue weighted by Crippen LogP contribution is -2.38. The highest BCUT2D eigenvalue weighted by Gasteiger charge is 2.26. The van der Waals surface area contributed by atoms with E-state index in [4.69, 9.17) is 9.47 Å². The second-order valence-electron chi connectivity index (χ2n) is 7.74. The maximum atomic E-state index is 13.4. The van der Waals surface area contributed by atoms with Gasteiger partial charge in [-0.3, -0.25) is 9.59 Å². The summed E-state index contributed by atoms with van der Waals surface area (Å²) in [6.07, 6.45) is 1.87. The van der Waals surface area contributed by atoms with Gasteiger partial charge in [-0.1, -0.05) is 23.8 Å². The number of carbonyl (C=O) groups excluding carboxylic acids is 1. The van der Waals surface area contributed by atoms with Crippen molar-refractivity contribution in [3.63, 3.8) is 0 Å². The largest absolute Gasteiger partial charge is 0.496 e. The third kappa shape index (κ3) is 4.24. The van der Waals surface area contributed by atoms with Crippen molar-refractivity contribution < 1.29 is 14.3 Å². The van der Waals surface area contributed by atoms with Crippen LogP contribution >= 0.6 is 0 Å². The van der Waals surface area contributed by atoms with Crippen molar-refractivity contribution in [2.24, 2.45) is 0 Å². The summed E-state index contributed by atoms with van der Waals surface area (Å²) in [7, 11) is 1.55. The Morgan fingerprint density at radius 3 is 2.83 bits per heavy atom. The zero-order chi connectivity index (χ0) is 21.1. The molecule has 1 aliphatic rings. The number of rotatable bonds is 6. The first-order chi connectivity index (χ1) is 14.5. The van der Waals surface area contributed by atoms with Gasteiger partial charge in [-0.25, -0.2) is 0 Å². The molecule has 2 heterocycles. The quantitative estimate of drug-likeness (QED) is 0.678. The standard InChI is InChI=1S/C24H26N2O4/c1-16-9-10-21-17(12-16)13-18(23(27)25-21)14-26(15-19-6-5-11-30-19)24(28)20-7-3-4-8-22(20)29-2/h3-4,7-10,12-13,19H,5-6,11,14-15H2,1-2H3,(H,25,27). The summed E-state index contributed by atoms with van der Waals surface area (Å²) >= 11 is 0. The highest BCUT2D eigenvalue weighted by Crippen LogP contribution is 2.23. The van der Waals surface area contributed by atoms with Crippen LogP contribution in [0.3, 0.4) is 0 Å². The number of amides is 1. The molecule has 1 atom stereocenters. The van der Waals surface area contributed by atoms with Crippen LogP contribution in [0.15, 0.2) is 53.3 Å². The molecule has 156 valence electrons. The fraction of sp³-hybridized carbons (Fsp3) is 0.333. The summed E-state index contributed by atoms with van der Waals surface area (Å²) in [4.78, 5) is 30.8. The van der Waals surface area contributed by atoms with E-state index >= 15 is 0 Å². The first kappa shape index (κ1) is 20.2. The Balaban J connectivity index is 1.69. The third-order valence-corrected chi connectivity index (χ3v) is 5.51. The van der Waals surface area contributed by atoms with Gasteiger partial charge in [0.15, 0.2) is 0 Å². The first-order valence-corrected chi connectivity index (χ1v) is 10.2. The number of nitrogens with one attached hydrogen (secondary N) is 1. The van der Waals surface area contributed by atoms with Crippen molar-refractivity contribution in [2.45, 2.75) is 32.4 Å². The fourth-order valence-electron chi connectivity index (χ4n) is 3.94. The summed E-state index contributed by atoms with van der Waals surface area (Å²) in [5.74, 6) is 0.342. The predicted octanol–water partition coefficient (Wildman–Crippen LogP) is 3.67. The minimum atomic E-state index is -0.184. The number of H-pyrrole nitrogens is 1. The average molecular weight is 406 g/mol. The lowest BCUT2D eigenvalue weighted by molar-refractivity contribution is 0.0504. The molecule has 1 fully saturated rings. The first-order valence-electron chi connectivity index (χ1n) is 10.2. The number of ether oxygens (including phenoxy) is 2. The Kier molecular flexibility index (Phi) is 5.86. The maximum absolute atomic E-state index is 13.4. The number of aryl methyl sites for hydroxylation is 1. The number of benzene rings is 2. The molecule has 3 aromatic rings. The highest BCUT2D eigenvalue weighted by molar-refractivity contribution is 5.97. The van der Waals surface area contributed by atoms with Crippen molar-refractivity contribution in [1.29, 1.82) is 0 Å². The molecule has 0 radical (unpaired) electrons. The van der Waals surface area contributed by atoms with Crippen LogP contribution in [0.5, 0.6) is 5.75 Å². The molecule has 0 aliphatic carbocycles. The molecule has 0 bridgehead atoms. The summed E-state index contributed by atoms with van der Waals surface area (Å²) in [5, 5.41) is 0.950. The molecule has 2 aromatic carbocycles. The van der Waals surface area contributed by atoms with Gasteiger partial charge in [-0.15, -0.1) is 0 Å². The molecule has 1 aliphatic heterocycles. The number of pyridine rings is 1. The van der Waals surface area contributed by atoms with E-state index in [9.17, 15) is 9.59 Å². The smallest absolute Gasteiger partial charge is 0.258 e. The van der Waals surface area contributed by atoms with Gasteiger partial charge in [0.25, 0.3) is 11.5 Å². The summed E-state index contributed by atoms with van der Waals surface area (Å²) in [6.45, 7) is 3.36. The number of nitrogens with zero attached hydrogens (tertiary/aromatic N) is 1. The Morgan fingerprint density at radius 1 is 1.23 bits per heavy atom. The number of aromatic amines is 1. The molecule has 1 N–H and O–H groups in total. The molecule has 0 spiro atoms. The highest BCUT2D eigenvalue weighted by atomic mass is 16.5. The molecule has 1 saturated heterocycles. The van der Waals surface area contributed by atoms with E-state index < -0.39 is 0 Å². The average Bonchev–Trinajstić information content (AvgIpc) is 3.26. The van der Waals surface area contributed by atoms with Gasteiger partial charge in [-0.05, 0) is 55.5 Å². The molecule has 4 rings (SSSR count). The van der Waals surface area contributed by atoms with Crippen molar-refractivity contribution in [3.8, 4) is 5.75 Å². The second-order valence-corrected chi connectivity index (χ2v) is 7.74. The van der Waals surface area contributed by atoms with Gasteiger partial charge >= 0.3 is 0 Å². The molecule has 1 unspecified atom stereocenters. The van der Waals surface area contributed by atoms with E-state index in [1.165, 1.54) is 0 Å². The number of hydrogen-bond donors (Lipinski definition) is 1. The van der Waals surface area contributed by atoms with Gasteiger partial charge in [0, 0.05) is 24.2 Å². The van der Waals surface area contributed by atoms with E-state index in [2.05, 4.69) is 4.98 Å². The number of para-hydroxylation sites is 1. The molecule has 6 nitrogen and oxygen atoms in total. The van der Waals surface area contributed by atoms with Crippen molar-refractivity contribution in [2.75, 3.05) is 20.3 Å². The zero-order valence-electron chi connectivity index (χ0n) is 17.3. The number of aromatic nitrogens is 1. The third-order valence-electron chi connectivity index (χ3n) is 5.51. The minimum Gasteiger partial charge on any atom is -0.496 e. The number of methoxy groups -OCH3 is 1. The van der Waals surface area contributed by atoms with E-state index in [1.54, 1.807) is 24.1 Å². The molecular weight excluding hydrogens is 380 g/mol. The normalized spacial score (nSPS) is 16.0. The van der Waals surface area contributed by atoms with Crippen LogP contribution in [-0.2, 0) is 11.3 Å². The topological polar surface area (TPSA) is 71.6 Å². The Labute approximate surface area is 175 Å². The predicted molar refractivity (Wildman–Crippen MR) is 116 cm³/mol. The van der Waals surface area contributed by atoms with Gasteiger partial charge in [0.2, 0.25) is 0 Å². The van der Waals surface area contributed by atoms with E-state index in [-0.39, 0.29) is 24.1 Å². The Morgan fingerprint density at radius 2 is 2.07 bits per heavy atom. The van der Waals surface area contributed by atoms with Gasteiger partial charge in [0.05, 0.1) is 25.3 Å². The van der Waals surface area contributed by atoms with Gasteiger partial charge in [-0.2, -0.15) is 0 Å². The van der Waals surface area contributed by atoms with E-state index in [0.717, 1.165) is 29.3 Å². The SMILES string of the molecule is COc1ccccc1C(=O)N(Cc1cc2cc(C)ccc2[nH]c1=O)CC1CCCO1. The zero-order valence-corrected chi connectivity index (χ0v) is 17.3. The summed E-state index contributed by atoms with van der Waals surface area (Å²) in [5.41, 5.74) is 2.75. The Bertz CT molecular complexity index is 1120. The van der Waals surface area contributed by atoms with Crippen LogP contribution in [0.2, 0.25) is 0 Å². The van der Waals surface area contributed by atoms with Crippen LogP contribution < -0.4 is 10.3 Å². The van der Waals surface area contributed by atoms with Crippen LogP contribution in [-0.4, -0.2) is 42.2 Å². The van der Waals surface area contributed by atoms with Gasteiger partial charge < -0.3 is 19.4 Å². The lowest BCUT2D eigenvalue weighted by atomic mass is 10.1. The number of carbonyl (C=O) groups is 1. The maximum Gasteiger partial charge on any atom is 0.258 e. The van der Waals surface area contributed by atoms with Crippen molar-refractivity contribution in [3.05, 3.63) is 75.6 Å². The molecule has 30 heavy (non-hydrogen) atoms. The summed E-state index contributed by atoms with van der Waals surface area (Å²) in [6, 6.07) is 14.9. The summed E-state index contributed by atoms with van der Waals surface area (Å²) < 4.78 is 11.2. The van der Waals surface area contributed by atoms with E-state index in [1.807, 2.05) is 43.3 Å². The molecular formula is C24H26N2O4.